The number of rotatable bonds is 6. The Morgan fingerprint density at radius 2 is 1.52 bits per heavy atom. The molecule has 1 aliphatic rings. The molecule has 4 rings (SSSR count). The zero-order valence-electron chi connectivity index (χ0n) is 15.2. The highest BCUT2D eigenvalue weighted by Crippen LogP contribution is 2.11. The van der Waals surface area contributed by atoms with Gasteiger partial charge in [0.25, 0.3) is 0 Å². The molecule has 0 radical (unpaired) electrons. The van der Waals surface area contributed by atoms with E-state index in [1.165, 1.54) is 10.2 Å². The van der Waals surface area contributed by atoms with E-state index in [9.17, 15) is 4.79 Å². The molecule has 1 aromatic heterocycles. The van der Waals surface area contributed by atoms with Gasteiger partial charge in [0.15, 0.2) is 0 Å². The van der Waals surface area contributed by atoms with Crippen LogP contribution in [-0.2, 0) is 24.2 Å². The van der Waals surface area contributed by atoms with E-state index < -0.39 is 5.76 Å². The second kappa shape index (κ2) is 8.33. The van der Waals surface area contributed by atoms with Gasteiger partial charge in [0, 0.05) is 19.6 Å². The average molecular weight is 365 g/mol. The summed E-state index contributed by atoms with van der Waals surface area (Å²) in [4.78, 5) is 14.5. The van der Waals surface area contributed by atoms with Gasteiger partial charge in [-0.1, -0.05) is 54.6 Å². The van der Waals surface area contributed by atoms with Gasteiger partial charge in [-0.25, -0.2) is 4.79 Å². The lowest BCUT2D eigenvalue weighted by Crippen LogP contribution is -2.35. The third-order valence-electron chi connectivity index (χ3n) is 4.71. The van der Waals surface area contributed by atoms with Crippen molar-refractivity contribution in [2.75, 3.05) is 26.3 Å². The molecule has 0 atom stereocenters. The molecule has 0 spiro atoms. The van der Waals surface area contributed by atoms with E-state index in [-0.39, 0.29) is 0 Å². The molecule has 140 valence electrons. The van der Waals surface area contributed by atoms with E-state index in [0.29, 0.717) is 18.9 Å². The molecule has 0 bridgehead atoms. The summed E-state index contributed by atoms with van der Waals surface area (Å²) in [6.45, 7) is 4.89. The topological polar surface area (TPSA) is 60.5 Å². The molecule has 0 amide bonds. The zero-order chi connectivity index (χ0) is 18.5. The van der Waals surface area contributed by atoms with Crippen molar-refractivity contribution in [1.82, 2.24) is 14.7 Å². The zero-order valence-corrected chi connectivity index (χ0v) is 15.2. The Kier molecular flexibility index (Phi) is 5.46. The number of benzene rings is 2. The number of morpholine rings is 1. The summed E-state index contributed by atoms with van der Waals surface area (Å²) in [5.74, 6) is 0.0217. The molecule has 0 N–H and O–H groups in total. The first-order valence-corrected chi connectivity index (χ1v) is 9.25. The van der Waals surface area contributed by atoms with Gasteiger partial charge in [-0.3, -0.25) is 4.90 Å². The van der Waals surface area contributed by atoms with Crippen molar-refractivity contribution in [1.29, 1.82) is 0 Å². The van der Waals surface area contributed by atoms with Gasteiger partial charge in [0.05, 0.1) is 26.2 Å². The van der Waals surface area contributed by atoms with Gasteiger partial charge < -0.3 is 9.15 Å². The van der Waals surface area contributed by atoms with Crippen LogP contribution in [0, 0.1) is 0 Å². The van der Waals surface area contributed by atoms with Crippen LogP contribution in [0.5, 0.6) is 0 Å². The van der Waals surface area contributed by atoms with Crippen molar-refractivity contribution in [2.24, 2.45) is 0 Å². The minimum atomic E-state index is -0.418. The maximum absolute atomic E-state index is 12.1. The molecule has 2 aromatic carbocycles. The Hall–Kier alpha value is -2.70. The van der Waals surface area contributed by atoms with Crippen LogP contribution in [0.25, 0.3) is 0 Å². The molecule has 27 heavy (non-hydrogen) atoms. The predicted octanol–water partition coefficient (Wildman–Crippen LogP) is 2.31. The summed E-state index contributed by atoms with van der Waals surface area (Å²) < 4.78 is 12.1. The van der Waals surface area contributed by atoms with E-state index in [2.05, 4.69) is 22.1 Å². The summed E-state index contributed by atoms with van der Waals surface area (Å²) in [6.07, 6.45) is 0.515. The Morgan fingerprint density at radius 1 is 0.852 bits per heavy atom. The second-order valence-corrected chi connectivity index (χ2v) is 6.79. The maximum atomic E-state index is 12.1. The van der Waals surface area contributed by atoms with E-state index in [1.807, 2.05) is 42.5 Å². The average Bonchev–Trinajstić information content (AvgIpc) is 3.04. The normalized spacial score (nSPS) is 15.1. The van der Waals surface area contributed by atoms with E-state index in [4.69, 9.17) is 9.15 Å². The third kappa shape index (κ3) is 4.72. The number of ether oxygens (including phenoxy) is 1. The fourth-order valence-corrected chi connectivity index (χ4v) is 3.23. The molecule has 2 heterocycles. The van der Waals surface area contributed by atoms with Crippen molar-refractivity contribution in [3.05, 3.63) is 87.7 Å². The predicted molar refractivity (Wildman–Crippen MR) is 102 cm³/mol. The summed E-state index contributed by atoms with van der Waals surface area (Å²) >= 11 is 0. The van der Waals surface area contributed by atoms with Gasteiger partial charge in [-0.05, 0) is 16.7 Å². The quantitative estimate of drug-likeness (QED) is 0.671. The Labute approximate surface area is 158 Å². The molecule has 0 aliphatic carbocycles. The largest absolute Gasteiger partial charge is 0.437 e. The fourth-order valence-electron chi connectivity index (χ4n) is 3.23. The highest BCUT2D eigenvalue weighted by molar-refractivity contribution is 5.23. The van der Waals surface area contributed by atoms with Crippen molar-refractivity contribution in [2.45, 2.75) is 19.5 Å². The van der Waals surface area contributed by atoms with E-state index in [0.717, 1.165) is 44.0 Å². The van der Waals surface area contributed by atoms with Gasteiger partial charge in [0.2, 0.25) is 5.89 Å². The fraction of sp³-hybridized carbons (Fsp3) is 0.333. The molecule has 1 aliphatic heterocycles. The highest BCUT2D eigenvalue weighted by Gasteiger charge is 2.12. The summed E-state index contributed by atoms with van der Waals surface area (Å²) in [5, 5.41) is 4.33. The molecule has 0 unspecified atom stereocenters. The minimum Gasteiger partial charge on any atom is -0.392 e. The monoisotopic (exact) mass is 365 g/mol. The molecule has 1 fully saturated rings. The molecular weight excluding hydrogens is 342 g/mol. The lowest BCUT2D eigenvalue weighted by Gasteiger charge is -2.26. The lowest BCUT2D eigenvalue weighted by molar-refractivity contribution is 0.0342. The van der Waals surface area contributed by atoms with Gasteiger partial charge >= 0.3 is 5.76 Å². The molecule has 6 nitrogen and oxygen atoms in total. The van der Waals surface area contributed by atoms with Crippen molar-refractivity contribution in [3.63, 3.8) is 0 Å². The van der Waals surface area contributed by atoms with Crippen LogP contribution < -0.4 is 5.76 Å². The van der Waals surface area contributed by atoms with Crippen molar-refractivity contribution >= 4 is 0 Å². The molecule has 1 saturated heterocycles. The molecule has 0 saturated carbocycles. The minimum absolute atomic E-state index is 0.412. The second-order valence-electron chi connectivity index (χ2n) is 6.79. The molecule has 3 aromatic rings. The summed E-state index contributed by atoms with van der Waals surface area (Å²) in [5.41, 5.74) is 3.36. The number of hydrogen-bond donors (Lipinski definition) is 0. The van der Waals surface area contributed by atoms with Crippen LogP contribution >= 0.6 is 0 Å². The summed E-state index contributed by atoms with van der Waals surface area (Å²) in [7, 11) is 0. The highest BCUT2D eigenvalue weighted by atomic mass is 16.5. The van der Waals surface area contributed by atoms with Crippen molar-refractivity contribution in [3.8, 4) is 0 Å². The Morgan fingerprint density at radius 3 is 2.22 bits per heavy atom. The van der Waals surface area contributed by atoms with E-state index >= 15 is 0 Å². The van der Waals surface area contributed by atoms with E-state index in [1.54, 1.807) is 0 Å². The molecular formula is C21H23N3O3. The van der Waals surface area contributed by atoms with Crippen LogP contribution in [0.2, 0.25) is 0 Å². The SMILES string of the molecule is O=c1oc(Cc2ccccc2)nn1Cc1ccc(CN2CCOCC2)cc1. The molecule has 6 heteroatoms. The number of nitrogens with zero attached hydrogens (tertiary/aromatic N) is 3. The van der Waals surface area contributed by atoms with Crippen molar-refractivity contribution < 1.29 is 9.15 Å². The van der Waals surface area contributed by atoms with Gasteiger partial charge in [0.1, 0.15) is 0 Å². The van der Waals surface area contributed by atoms with Crippen LogP contribution in [0.15, 0.2) is 63.8 Å². The van der Waals surface area contributed by atoms with Crippen LogP contribution in [0.3, 0.4) is 0 Å². The standard InChI is InChI=1S/C21H23N3O3/c25-21-24(22-20(27-21)14-17-4-2-1-3-5-17)16-19-8-6-18(7-9-19)15-23-10-12-26-13-11-23/h1-9H,10-16H2. The number of aromatic nitrogens is 2. The van der Waals surface area contributed by atoms with Crippen LogP contribution in [0.4, 0.5) is 0 Å². The van der Waals surface area contributed by atoms with Crippen LogP contribution in [-0.4, -0.2) is 41.0 Å². The first-order valence-electron chi connectivity index (χ1n) is 9.25. The Bertz CT molecular complexity index is 910. The smallest absolute Gasteiger partial charge is 0.392 e. The van der Waals surface area contributed by atoms with Gasteiger partial charge in [-0.15, -0.1) is 5.10 Å². The lowest BCUT2D eigenvalue weighted by atomic mass is 10.1. The first-order chi connectivity index (χ1) is 13.3. The van der Waals surface area contributed by atoms with Crippen LogP contribution in [0.1, 0.15) is 22.6 Å². The van der Waals surface area contributed by atoms with Gasteiger partial charge in [-0.2, -0.15) is 4.68 Å². The first kappa shape index (κ1) is 17.7. The maximum Gasteiger partial charge on any atom is 0.437 e. The number of hydrogen-bond acceptors (Lipinski definition) is 5. The third-order valence-corrected chi connectivity index (χ3v) is 4.71. The summed E-state index contributed by atoms with van der Waals surface area (Å²) in [6, 6.07) is 18.2. The Balaban J connectivity index is 1.39.